The zero-order valence-electron chi connectivity index (χ0n) is 11.4. The first kappa shape index (κ1) is 14.7. The molecular formula is C14H13FN2O4. The van der Waals surface area contributed by atoms with Gasteiger partial charge in [0.2, 0.25) is 5.91 Å². The van der Waals surface area contributed by atoms with Gasteiger partial charge in [0.1, 0.15) is 11.6 Å². The normalized spacial score (nSPS) is 10.4. The molecule has 1 amide bonds. The lowest BCUT2D eigenvalue weighted by Crippen LogP contribution is -2.18. The third kappa shape index (κ3) is 3.07. The van der Waals surface area contributed by atoms with Crippen molar-refractivity contribution in [1.82, 2.24) is 5.16 Å². The van der Waals surface area contributed by atoms with E-state index in [1.165, 1.54) is 12.1 Å². The van der Waals surface area contributed by atoms with Crippen molar-refractivity contribution in [3.8, 4) is 0 Å². The van der Waals surface area contributed by atoms with Crippen LogP contribution >= 0.6 is 0 Å². The van der Waals surface area contributed by atoms with Crippen LogP contribution in [0, 0.1) is 19.7 Å². The average molecular weight is 292 g/mol. The molecule has 110 valence electrons. The first-order valence-corrected chi connectivity index (χ1v) is 6.13. The molecule has 0 spiro atoms. The van der Waals surface area contributed by atoms with E-state index in [1.54, 1.807) is 13.8 Å². The number of nitrogens with one attached hydrogen (secondary N) is 1. The van der Waals surface area contributed by atoms with Crippen LogP contribution in [0.1, 0.15) is 27.4 Å². The summed E-state index contributed by atoms with van der Waals surface area (Å²) < 4.78 is 18.6. The Bertz CT molecular complexity index is 689. The van der Waals surface area contributed by atoms with E-state index in [2.05, 4.69) is 10.5 Å². The molecule has 0 fully saturated rings. The number of nitrogens with zero attached hydrogens (tertiary/aromatic N) is 1. The summed E-state index contributed by atoms with van der Waals surface area (Å²) in [5, 5.41) is 15.0. The van der Waals surface area contributed by atoms with Gasteiger partial charge in [0, 0.05) is 5.56 Å². The Morgan fingerprint density at radius 3 is 2.67 bits per heavy atom. The summed E-state index contributed by atoms with van der Waals surface area (Å²) in [4.78, 5) is 23.0. The summed E-state index contributed by atoms with van der Waals surface area (Å²) in [5.41, 5.74) is 0.513. The minimum atomic E-state index is -1.32. The minimum absolute atomic E-state index is 0.0748. The van der Waals surface area contributed by atoms with E-state index in [-0.39, 0.29) is 17.7 Å². The molecule has 0 aliphatic carbocycles. The molecule has 0 aliphatic heterocycles. The van der Waals surface area contributed by atoms with Crippen LogP contribution < -0.4 is 5.32 Å². The molecule has 1 heterocycles. The van der Waals surface area contributed by atoms with Gasteiger partial charge in [0.15, 0.2) is 0 Å². The number of rotatable bonds is 4. The van der Waals surface area contributed by atoms with Crippen LogP contribution in [0.2, 0.25) is 0 Å². The zero-order valence-corrected chi connectivity index (χ0v) is 11.4. The third-order valence-electron chi connectivity index (χ3n) is 3.03. The average Bonchev–Trinajstić information content (AvgIpc) is 2.72. The summed E-state index contributed by atoms with van der Waals surface area (Å²) in [6, 6.07) is 3.57. The van der Waals surface area contributed by atoms with Gasteiger partial charge in [-0.3, -0.25) is 4.79 Å². The molecule has 0 radical (unpaired) electrons. The predicted octanol–water partition coefficient (Wildman–Crippen LogP) is 2.31. The maximum absolute atomic E-state index is 13.7. The Labute approximate surface area is 119 Å². The molecule has 0 bridgehead atoms. The molecule has 6 nitrogen and oxygen atoms in total. The van der Waals surface area contributed by atoms with Gasteiger partial charge in [-0.25, -0.2) is 9.18 Å². The maximum atomic E-state index is 13.7. The second-order valence-corrected chi connectivity index (χ2v) is 4.50. The number of hydrogen-bond donors (Lipinski definition) is 2. The summed E-state index contributed by atoms with van der Waals surface area (Å²) >= 11 is 0. The van der Waals surface area contributed by atoms with Crippen molar-refractivity contribution in [2.45, 2.75) is 20.3 Å². The molecule has 2 N–H and O–H groups in total. The fraction of sp³-hybridized carbons (Fsp3) is 0.214. The number of carboxylic acids is 1. The molecule has 0 saturated carbocycles. The van der Waals surface area contributed by atoms with Gasteiger partial charge in [-0.05, 0) is 26.0 Å². The predicted molar refractivity (Wildman–Crippen MR) is 71.7 cm³/mol. The number of halogens is 1. The number of carboxylic acid groups (broad SMARTS) is 1. The van der Waals surface area contributed by atoms with Gasteiger partial charge in [-0.15, -0.1) is 0 Å². The lowest BCUT2D eigenvalue weighted by molar-refractivity contribution is -0.115. The van der Waals surface area contributed by atoms with E-state index < -0.39 is 17.7 Å². The molecule has 7 heteroatoms. The third-order valence-corrected chi connectivity index (χ3v) is 3.03. The monoisotopic (exact) mass is 292 g/mol. The topological polar surface area (TPSA) is 92.4 Å². The number of amides is 1. The highest BCUT2D eigenvalue weighted by atomic mass is 19.1. The Morgan fingerprint density at radius 1 is 1.38 bits per heavy atom. The minimum Gasteiger partial charge on any atom is -0.478 e. The second kappa shape index (κ2) is 5.74. The summed E-state index contributed by atoms with van der Waals surface area (Å²) in [6.07, 6.45) is -0.0748. The van der Waals surface area contributed by atoms with Gasteiger partial charge < -0.3 is 14.9 Å². The van der Waals surface area contributed by atoms with E-state index in [4.69, 9.17) is 9.63 Å². The highest BCUT2D eigenvalue weighted by Crippen LogP contribution is 2.21. The van der Waals surface area contributed by atoms with E-state index in [9.17, 15) is 14.0 Å². The lowest BCUT2D eigenvalue weighted by atomic mass is 10.1. The highest BCUT2D eigenvalue weighted by molar-refractivity contribution is 6.01. The van der Waals surface area contributed by atoms with E-state index in [0.717, 1.165) is 6.07 Å². The number of para-hydroxylation sites is 1. The first-order valence-electron chi connectivity index (χ1n) is 6.13. The second-order valence-electron chi connectivity index (χ2n) is 4.50. The molecule has 0 unspecified atom stereocenters. The van der Waals surface area contributed by atoms with Gasteiger partial charge in [0.05, 0.1) is 23.4 Å². The number of carbonyl (C=O) groups excluding carboxylic acids is 1. The number of carbonyl (C=O) groups is 2. The molecular weight excluding hydrogens is 279 g/mol. The van der Waals surface area contributed by atoms with Crippen molar-refractivity contribution in [3.63, 3.8) is 0 Å². The first-order chi connectivity index (χ1) is 9.90. The van der Waals surface area contributed by atoms with E-state index in [1.807, 2.05) is 0 Å². The summed E-state index contributed by atoms with van der Waals surface area (Å²) in [6.45, 7) is 3.35. The zero-order chi connectivity index (χ0) is 15.6. The SMILES string of the molecule is Cc1noc(C)c1CC(=O)Nc1c(F)cccc1C(=O)O. The number of benzene rings is 1. The molecule has 0 aliphatic rings. The molecule has 1 aromatic heterocycles. The van der Waals surface area contributed by atoms with Crippen LogP contribution in [0.3, 0.4) is 0 Å². The van der Waals surface area contributed by atoms with Crippen molar-refractivity contribution in [2.75, 3.05) is 5.32 Å². The van der Waals surface area contributed by atoms with E-state index in [0.29, 0.717) is 17.0 Å². The molecule has 0 saturated heterocycles. The van der Waals surface area contributed by atoms with Gasteiger partial charge in [0.25, 0.3) is 0 Å². The quantitative estimate of drug-likeness (QED) is 0.902. The van der Waals surface area contributed by atoms with Crippen LogP contribution in [0.25, 0.3) is 0 Å². The molecule has 0 atom stereocenters. The maximum Gasteiger partial charge on any atom is 0.337 e. The Morgan fingerprint density at radius 2 is 2.10 bits per heavy atom. The fourth-order valence-electron chi connectivity index (χ4n) is 1.93. The highest BCUT2D eigenvalue weighted by Gasteiger charge is 2.19. The molecule has 2 rings (SSSR count). The van der Waals surface area contributed by atoms with Gasteiger partial charge >= 0.3 is 5.97 Å². The number of aromatic nitrogens is 1. The van der Waals surface area contributed by atoms with Crippen LogP contribution in [-0.2, 0) is 11.2 Å². The summed E-state index contributed by atoms with van der Waals surface area (Å²) in [7, 11) is 0. The summed E-state index contributed by atoms with van der Waals surface area (Å²) in [5.74, 6) is -2.17. The number of aryl methyl sites for hydroxylation is 2. The Hall–Kier alpha value is -2.70. The lowest BCUT2D eigenvalue weighted by Gasteiger charge is -2.09. The molecule has 1 aromatic carbocycles. The van der Waals surface area contributed by atoms with Crippen LogP contribution in [0.5, 0.6) is 0 Å². The number of hydrogen-bond acceptors (Lipinski definition) is 4. The van der Waals surface area contributed by atoms with Crippen molar-refractivity contribution in [3.05, 3.63) is 46.6 Å². The van der Waals surface area contributed by atoms with Crippen LogP contribution in [0.15, 0.2) is 22.7 Å². The Balaban J connectivity index is 2.23. The van der Waals surface area contributed by atoms with Crippen molar-refractivity contribution in [1.29, 1.82) is 0 Å². The van der Waals surface area contributed by atoms with Crippen molar-refractivity contribution >= 4 is 17.6 Å². The largest absolute Gasteiger partial charge is 0.478 e. The van der Waals surface area contributed by atoms with Gasteiger partial charge in [-0.1, -0.05) is 11.2 Å². The van der Waals surface area contributed by atoms with Gasteiger partial charge in [-0.2, -0.15) is 0 Å². The van der Waals surface area contributed by atoms with E-state index >= 15 is 0 Å². The standard InChI is InChI=1S/C14H13FN2O4/c1-7-10(8(2)21-17-7)6-12(18)16-13-9(14(19)20)4-3-5-11(13)15/h3-5H,6H2,1-2H3,(H,16,18)(H,19,20). The fourth-order valence-corrected chi connectivity index (χ4v) is 1.93. The smallest absolute Gasteiger partial charge is 0.337 e. The molecule has 2 aromatic rings. The Kier molecular flexibility index (Phi) is 4.02. The number of aromatic carboxylic acids is 1. The van der Waals surface area contributed by atoms with Crippen LogP contribution in [-0.4, -0.2) is 22.1 Å². The van der Waals surface area contributed by atoms with Crippen LogP contribution in [0.4, 0.5) is 10.1 Å². The van der Waals surface area contributed by atoms with Crippen molar-refractivity contribution < 1.29 is 23.6 Å². The van der Waals surface area contributed by atoms with Crippen molar-refractivity contribution in [2.24, 2.45) is 0 Å². The molecule has 21 heavy (non-hydrogen) atoms. The number of anilines is 1.